The van der Waals surface area contributed by atoms with Crippen LogP contribution in [0.15, 0.2) is 72.9 Å². The van der Waals surface area contributed by atoms with Gasteiger partial charge in [0.1, 0.15) is 35.0 Å². The van der Waals surface area contributed by atoms with Crippen molar-refractivity contribution in [2.24, 2.45) is 13.0 Å². The molecular weight excluding hydrogens is 536 g/mol. The standard InChI is InChI=1S/C31H32N6O3S/c1-3-41(38,39)37-17-15-24(16-18-37)36-19-22(20-36)9-14-27-28(29-30(32)33-21-34-31(29)35(27)2)23-10-12-26(13-11-23)40-25-7-5-4-6-8-25/h3-8,10-13,21-22,24H,1,15-20H2,2H3,(H2,32,33,34). The van der Waals surface area contributed by atoms with Gasteiger partial charge in [0, 0.05) is 56.2 Å². The number of ether oxygens (including phenoxy) is 1. The maximum Gasteiger partial charge on any atom is 0.235 e. The molecule has 2 fully saturated rings. The van der Waals surface area contributed by atoms with E-state index in [1.165, 1.54) is 10.6 Å². The van der Waals surface area contributed by atoms with E-state index in [-0.39, 0.29) is 5.92 Å². The van der Waals surface area contributed by atoms with Crippen LogP contribution in [0.5, 0.6) is 11.5 Å². The highest BCUT2D eigenvalue weighted by atomic mass is 32.2. The molecule has 4 heterocycles. The van der Waals surface area contributed by atoms with Crippen LogP contribution in [0.3, 0.4) is 0 Å². The fraction of sp³-hybridized carbons (Fsp3) is 0.290. The number of piperidine rings is 1. The molecule has 2 aromatic carbocycles. The Morgan fingerprint density at radius 2 is 1.71 bits per heavy atom. The molecule has 210 valence electrons. The predicted molar refractivity (Wildman–Crippen MR) is 161 cm³/mol. The van der Waals surface area contributed by atoms with Gasteiger partial charge in [-0.25, -0.2) is 18.4 Å². The minimum atomic E-state index is -3.34. The quantitative estimate of drug-likeness (QED) is 0.347. The third-order valence-corrected chi connectivity index (χ3v) is 9.44. The zero-order valence-electron chi connectivity index (χ0n) is 22.9. The van der Waals surface area contributed by atoms with E-state index in [1.807, 2.05) is 66.2 Å². The molecule has 10 heteroatoms. The number of nitrogens with zero attached hydrogens (tertiary/aromatic N) is 5. The van der Waals surface area contributed by atoms with Crippen molar-refractivity contribution in [1.29, 1.82) is 0 Å². The average Bonchev–Trinajstić information content (AvgIpc) is 3.26. The van der Waals surface area contributed by atoms with Crippen LogP contribution < -0.4 is 10.5 Å². The van der Waals surface area contributed by atoms with E-state index >= 15 is 0 Å². The van der Waals surface area contributed by atoms with Crippen LogP contribution in [0.1, 0.15) is 18.5 Å². The summed E-state index contributed by atoms with van der Waals surface area (Å²) in [5.41, 5.74) is 9.80. The Hall–Kier alpha value is -4.17. The van der Waals surface area contributed by atoms with Crippen LogP contribution in [0, 0.1) is 17.8 Å². The Balaban J connectivity index is 1.21. The van der Waals surface area contributed by atoms with E-state index in [0.29, 0.717) is 24.9 Å². The lowest BCUT2D eigenvalue weighted by Gasteiger charge is -2.45. The van der Waals surface area contributed by atoms with Crippen LogP contribution in [-0.4, -0.2) is 64.4 Å². The van der Waals surface area contributed by atoms with Gasteiger partial charge in [0.2, 0.25) is 10.0 Å². The number of aryl methyl sites for hydroxylation is 1. The Morgan fingerprint density at radius 3 is 2.39 bits per heavy atom. The molecule has 2 N–H and O–H groups in total. The number of sulfonamides is 1. The normalized spacial score (nSPS) is 17.1. The average molecular weight is 569 g/mol. The number of fused-ring (bicyclic) bond motifs is 1. The number of nitrogens with two attached hydrogens (primary N) is 1. The zero-order chi connectivity index (χ0) is 28.6. The summed E-state index contributed by atoms with van der Waals surface area (Å²) in [6.45, 7) is 6.25. The van der Waals surface area contributed by atoms with Crippen LogP contribution in [0.2, 0.25) is 0 Å². The first kappa shape index (κ1) is 27.0. The van der Waals surface area contributed by atoms with E-state index < -0.39 is 10.0 Å². The molecule has 0 atom stereocenters. The number of likely N-dealkylation sites (tertiary alicyclic amines) is 1. The van der Waals surface area contributed by atoms with Gasteiger partial charge in [-0.15, -0.1) is 0 Å². The summed E-state index contributed by atoms with van der Waals surface area (Å²) in [6, 6.07) is 17.9. The molecule has 41 heavy (non-hydrogen) atoms. The van der Waals surface area contributed by atoms with E-state index in [0.717, 1.165) is 70.7 Å². The number of para-hydroxylation sites is 1. The fourth-order valence-electron chi connectivity index (χ4n) is 5.66. The Labute approximate surface area is 240 Å². The van der Waals surface area contributed by atoms with Crippen LogP contribution in [-0.2, 0) is 17.1 Å². The van der Waals surface area contributed by atoms with Gasteiger partial charge < -0.3 is 15.0 Å². The van der Waals surface area contributed by atoms with Crippen molar-refractivity contribution in [1.82, 2.24) is 23.7 Å². The summed E-state index contributed by atoms with van der Waals surface area (Å²) in [5, 5.41) is 1.82. The van der Waals surface area contributed by atoms with Crippen molar-refractivity contribution in [2.45, 2.75) is 18.9 Å². The third kappa shape index (κ3) is 5.32. The predicted octanol–water partition coefficient (Wildman–Crippen LogP) is 4.23. The molecule has 0 spiro atoms. The number of hydrogen-bond acceptors (Lipinski definition) is 7. The van der Waals surface area contributed by atoms with Crippen molar-refractivity contribution >= 4 is 26.9 Å². The molecule has 0 saturated carbocycles. The van der Waals surface area contributed by atoms with E-state index in [1.54, 1.807) is 0 Å². The number of nitrogen functional groups attached to an aromatic ring is 1. The molecule has 0 aliphatic carbocycles. The largest absolute Gasteiger partial charge is 0.457 e. The highest BCUT2D eigenvalue weighted by molar-refractivity contribution is 7.92. The first-order valence-electron chi connectivity index (χ1n) is 13.6. The summed E-state index contributed by atoms with van der Waals surface area (Å²) < 4.78 is 33.6. The molecule has 0 bridgehead atoms. The Bertz CT molecular complexity index is 1740. The summed E-state index contributed by atoms with van der Waals surface area (Å²) in [7, 11) is -1.39. The molecule has 2 aliphatic rings. The SMILES string of the molecule is C=CS(=O)(=O)N1CCC(N2CC(C#Cc3c(-c4ccc(Oc5ccccc5)cc4)c4c(N)ncnc4n3C)C2)CC1. The molecule has 2 aliphatic heterocycles. The minimum absolute atomic E-state index is 0.237. The van der Waals surface area contributed by atoms with Crippen molar-refractivity contribution in [3.05, 3.63) is 78.6 Å². The topological polar surface area (TPSA) is 107 Å². The number of aromatic nitrogens is 3. The molecule has 2 saturated heterocycles. The maximum absolute atomic E-state index is 12.1. The first-order valence-corrected chi connectivity index (χ1v) is 15.1. The highest BCUT2D eigenvalue weighted by Gasteiger charge is 2.35. The van der Waals surface area contributed by atoms with Gasteiger partial charge in [0.15, 0.2) is 0 Å². The van der Waals surface area contributed by atoms with Crippen LogP contribution in [0.4, 0.5) is 5.82 Å². The molecular formula is C31H32N6O3S. The number of benzene rings is 2. The van der Waals surface area contributed by atoms with Gasteiger partial charge in [-0.05, 0) is 48.6 Å². The lowest BCUT2D eigenvalue weighted by Crippen LogP contribution is -2.55. The van der Waals surface area contributed by atoms with Crippen molar-refractivity contribution < 1.29 is 13.2 Å². The van der Waals surface area contributed by atoms with Crippen LogP contribution in [0.25, 0.3) is 22.2 Å². The molecule has 0 amide bonds. The lowest BCUT2D eigenvalue weighted by molar-refractivity contribution is 0.0535. The molecule has 6 rings (SSSR count). The van der Waals surface area contributed by atoms with E-state index in [2.05, 4.69) is 33.3 Å². The van der Waals surface area contributed by atoms with Crippen molar-refractivity contribution in [3.8, 4) is 34.5 Å². The van der Waals surface area contributed by atoms with Gasteiger partial charge in [0.05, 0.1) is 5.39 Å². The highest BCUT2D eigenvalue weighted by Crippen LogP contribution is 2.37. The number of rotatable bonds is 6. The smallest absolute Gasteiger partial charge is 0.235 e. The Kier molecular flexibility index (Phi) is 7.26. The molecule has 9 nitrogen and oxygen atoms in total. The second-order valence-corrected chi connectivity index (χ2v) is 12.3. The monoisotopic (exact) mass is 568 g/mol. The van der Waals surface area contributed by atoms with Crippen molar-refractivity contribution in [2.75, 3.05) is 31.9 Å². The molecule has 4 aromatic rings. The van der Waals surface area contributed by atoms with Gasteiger partial charge in [0.25, 0.3) is 0 Å². The number of anilines is 1. The number of hydrogen-bond donors (Lipinski definition) is 1. The van der Waals surface area contributed by atoms with Gasteiger partial charge in [-0.3, -0.25) is 4.90 Å². The third-order valence-electron chi connectivity index (χ3n) is 7.93. The summed E-state index contributed by atoms with van der Waals surface area (Å²) >= 11 is 0. The van der Waals surface area contributed by atoms with Crippen LogP contribution >= 0.6 is 0 Å². The summed E-state index contributed by atoms with van der Waals surface area (Å²) in [4.78, 5) is 11.2. The maximum atomic E-state index is 12.1. The second-order valence-electron chi connectivity index (χ2n) is 10.4. The molecule has 0 radical (unpaired) electrons. The van der Waals surface area contributed by atoms with Gasteiger partial charge >= 0.3 is 0 Å². The minimum Gasteiger partial charge on any atom is -0.457 e. The fourth-order valence-corrected chi connectivity index (χ4v) is 6.59. The van der Waals surface area contributed by atoms with Crippen molar-refractivity contribution in [3.63, 3.8) is 0 Å². The Morgan fingerprint density at radius 1 is 1.02 bits per heavy atom. The summed E-state index contributed by atoms with van der Waals surface area (Å²) in [6.07, 6.45) is 3.12. The molecule has 0 unspecified atom stereocenters. The molecule has 2 aromatic heterocycles. The van der Waals surface area contributed by atoms with E-state index in [4.69, 9.17) is 10.5 Å². The summed E-state index contributed by atoms with van der Waals surface area (Å²) in [5.74, 6) is 9.08. The lowest BCUT2D eigenvalue weighted by atomic mass is 9.94. The van der Waals surface area contributed by atoms with Gasteiger partial charge in [-0.2, -0.15) is 4.31 Å². The van der Waals surface area contributed by atoms with E-state index in [9.17, 15) is 8.42 Å². The zero-order valence-corrected chi connectivity index (χ0v) is 23.7. The first-order chi connectivity index (χ1) is 19.8. The van der Waals surface area contributed by atoms with Gasteiger partial charge in [-0.1, -0.05) is 42.8 Å². The second kappa shape index (κ2) is 11.0.